The van der Waals surface area contributed by atoms with Gasteiger partial charge in [0.05, 0.1) is 24.6 Å². The molecule has 366 valence electrons. The van der Waals surface area contributed by atoms with E-state index in [4.69, 9.17) is 14.2 Å². The normalized spacial score (nSPS) is 15.7. The Balaban J connectivity index is 2.84. The van der Waals surface area contributed by atoms with E-state index in [2.05, 4.69) is 42.5 Å². The monoisotopic (exact) mass is 898 g/mol. The number of nitrogens with zero attached hydrogens (tertiary/aromatic N) is 3. The van der Waals surface area contributed by atoms with E-state index >= 15 is 0 Å². The highest BCUT2D eigenvalue weighted by atomic mass is 32.2. The summed E-state index contributed by atoms with van der Waals surface area (Å²) in [6, 6.07) is 0. The summed E-state index contributed by atoms with van der Waals surface area (Å²) < 4.78 is 17.4. The third-order valence-corrected chi connectivity index (χ3v) is 13.8. The summed E-state index contributed by atoms with van der Waals surface area (Å²) in [4.78, 5) is 47.7. The fourth-order valence-electron chi connectivity index (χ4n) is 8.26. The minimum absolute atomic E-state index is 0.171. The first-order chi connectivity index (χ1) is 30.1. The van der Waals surface area contributed by atoms with Gasteiger partial charge in [-0.15, -0.1) is 11.8 Å². The molecule has 11 heteroatoms. The van der Waals surface area contributed by atoms with Gasteiger partial charge in [-0.25, -0.2) is 4.79 Å². The Kier molecular flexibility index (Phi) is 38.8. The zero-order valence-electron chi connectivity index (χ0n) is 41.3. The minimum Gasteiger partial charge on any atom is -0.465 e. The van der Waals surface area contributed by atoms with Gasteiger partial charge in [0.1, 0.15) is 5.25 Å². The van der Waals surface area contributed by atoms with Gasteiger partial charge in [-0.3, -0.25) is 9.59 Å². The SMILES string of the molecule is CCCCCCCCCCCCCOC(=O)C(C)SC(CCCCCCC)C(OC(=O)CCCN(CCCN1CCN(C)CC1)CC(O)CCCCCCCC)C(=O)OCCC. The summed E-state index contributed by atoms with van der Waals surface area (Å²) in [5.74, 6) is -1.23. The van der Waals surface area contributed by atoms with Gasteiger partial charge in [-0.05, 0) is 72.1 Å². The number of hydrogen-bond acceptors (Lipinski definition) is 11. The smallest absolute Gasteiger partial charge is 0.348 e. The molecule has 62 heavy (non-hydrogen) atoms. The molecule has 10 nitrogen and oxygen atoms in total. The van der Waals surface area contributed by atoms with Crippen molar-refractivity contribution < 1.29 is 33.7 Å². The van der Waals surface area contributed by atoms with Crippen LogP contribution in [0.5, 0.6) is 0 Å². The second kappa shape index (κ2) is 41.1. The molecule has 1 fully saturated rings. The molecule has 0 aromatic heterocycles. The van der Waals surface area contributed by atoms with Crippen LogP contribution in [0.4, 0.5) is 0 Å². The maximum Gasteiger partial charge on any atom is 0.348 e. The van der Waals surface area contributed by atoms with Gasteiger partial charge < -0.3 is 34.0 Å². The summed E-state index contributed by atoms with van der Waals surface area (Å²) >= 11 is 1.39. The zero-order valence-corrected chi connectivity index (χ0v) is 42.1. The Morgan fingerprint density at radius 2 is 1.10 bits per heavy atom. The number of hydrogen-bond donors (Lipinski definition) is 1. The maximum atomic E-state index is 13.6. The molecule has 0 bridgehead atoms. The molecule has 1 aliphatic heterocycles. The van der Waals surface area contributed by atoms with Crippen LogP contribution in [0.25, 0.3) is 0 Å². The Morgan fingerprint density at radius 3 is 1.66 bits per heavy atom. The Hall–Kier alpha value is -1.40. The second-order valence-electron chi connectivity index (χ2n) is 18.4. The molecule has 1 saturated heterocycles. The zero-order chi connectivity index (χ0) is 45.5. The number of thioether (sulfide) groups is 1. The number of carbonyl (C=O) groups is 3. The van der Waals surface area contributed by atoms with Crippen LogP contribution in [0.3, 0.4) is 0 Å². The molecule has 1 N–H and O–H groups in total. The van der Waals surface area contributed by atoms with E-state index < -0.39 is 34.6 Å². The largest absolute Gasteiger partial charge is 0.465 e. The highest BCUT2D eigenvalue weighted by Gasteiger charge is 2.36. The van der Waals surface area contributed by atoms with Crippen LogP contribution in [-0.2, 0) is 28.6 Å². The van der Waals surface area contributed by atoms with Gasteiger partial charge in [-0.2, -0.15) is 0 Å². The topological polar surface area (TPSA) is 109 Å². The molecule has 4 atom stereocenters. The van der Waals surface area contributed by atoms with Crippen molar-refractivity contribution in [3.63, 3.8) is 0 Å². The van der Waals surface area contributed by atoms with E-state index in [1.54, 1.807) is 0 Å². The van der Waals surface area contributed by atoms with E-state index in [-0.39, 0.29) is 19.0 Å². The molecule has 0 spiro atoms. The van der Waals surface area contributed by atoms with Gasteiger partial charge >= 0.3 is 17.9 Å². The average Bonchev–Trinajstić information content (AvgIpc) is 3.26. The van der Waals surface area contributed by atoms with Crippen molar-refractivity contribution in [2.45, 2.75) is 237 Å². The third-order valence-electron chi connectivity index (χ3n) is 12.3. The fraction of sp³-hybridized carbons (Fsp3) is 0.941. The van der Waals surface area contributed by atoms with Crippen LogP contribution in [0.2, 0.25) is 0 Å². The number of piperazine rings is 1. The fourth-order valence-corrected chi connectivity index (χ4v) is 9.57. The minimum atomic E-state index is -1.09. The molecule has 4 unspecified atom stereocenters. The van der Waals surface area contributed by atoms with Crippen LogP contribution < -0.4 is 0 Å². The number of aliphatic hydroxyl groups excluding tert-OH is 1. The van der Waals surface area contributed by atoms with Gasteiger partial charge in [0, 0.05) is 39.1 Å². The Morgan fingerprint density at radius 1 is 0.597 bits per heavy atom. The van der Waals surface area contributed by atoms with Crippen LogP contribution in [0.15, 0.2) is 0 Å². The van der Waals surface area contributed by atoms with Crippen molar-refractivity contribution in [1.29, 1.82) is 0 Å². The number of unbranched alkanes of at least 4 members (excludes halogenated alkanes) is 19. The number of likely N-dealkylation sites (N-methyl/N-ethyl adjacent to an activating group) is 1. The molecule has 1 rings (SSSR count). The van der Waals surface area contributed by atoms with Crippen molar-refractivity contribution in [2.24, 2.45) is 0 Å². The van der Waals surface area contributed by atoms with Crippen molar-refractivity contribution in [1.82, 2.24) is 14.7 Å². The first kappa shape index (κ1) is 58.6. The Bertz CT molecular complexity index is 1060. The Labute approximate surface area is 386 Å². The van der Waals surface area contributed by atoms with Crippen molar-refractivity contribution in [3.8, 4) is 0 Å². The van der Waals surface area contributed by atoms with Crippen molar-refractivity contribution >= 4 is 29.7 Å². The molecule has 0 radical (unpaired) electrons. The molecule has 0 amide bonds. The highest BCUT2D eigenvalue weighted by Crippen LogP contribution is 2.30. The first-order valence-corrected chi connectivity index (χ1v) is 27.1. The summed E-state index contributed by atoms with van der Waals surface area (Å²) in [7, 11) is 2.18. The summed E-state index contributed by atoms with van der Waals surface area (Å²) in [5, 5.41) is 10.1. The van der Waals surface area contributed by atoms with Crippen molar-refractivity contribution in [3.05, 3.63) is 0 Å². The van der Waals surface area contributed by atoms with E-state index in [0.717, 1.165) is 110 Å². The third kappa shape index (κ3) is 32.3. The van der Waals surface area contributed by atoms with Gasteiger partial charge in [0.25, 0.3) is 0 Å². The van der Waals surface area contributed by atoms with Crippen LogP contribution in [0, 0.1) is 0 Å². The summed E-state index contributed by atoms with van der Waals surface area (Å²) in [5.41, 5.74) is 0. The maximum absolute atomic E-state index is 13.6. The number of carbonyl (C=O) groups excluding carboxylic acids is 3. The lowest BCUT2D eigenvalue weighted by Gasteiger charge is -2.33. The van der Waals surface area contributed by atoms with Crippen LogP contribution >= 0.6 is 11.8 Å². The van der Waals surface area contributed by atoms with Crippen LogP contribution in [-0.4, -0.2) is 133 Å². The lowest BCUT2D eigenvalue weighted by Crippen LogP contribution is -2.45. The number of ether oxygens (including phenoxy) is 3. The molecule has 0 saturated carbocycles. The number of aliphatic hydroxyl groups is 1. The molecule has 1 heterocycles. The van der Waals surface area contributed by atoms with E-state index in [9.17, 15) is 19.5 Å². The quantitative estimate of drug-likeness (QED) is 0.0359. The molecule has 0 aromatic rings. The van der Waals surface area contributed by atoms with Gasteiger partial charge in [-0.1, -0.05) is 163 Å². The lowest BCUT2D eigenvalue weighted by molar-refractivity contribution is -0.168. The van der Waals surface area contributed by atoms with Gasteiger partial charge in [0.15, 0.2) is 0 Å². The molecular weight excluding hydrogens is 799 g/mol. The summed E-state index contributed by atoms with van der Waals surface area (Å²) in [6.07, 6.45) is 28.5. The van der Waals surface area contributed by atoms with Gasteiger partial charge in [0.2, 0.25) is 6.10 Å². The molecular formula is C51H99N3O7S. The highest BCUT2D eigenvalue weighted by molar-refractivity contribution is 8.01. The van der Waals surface area contributed by atoms with Crippen LogP contribution in [0.1, 0.15) is 214 Å². The predicted molar refractivity (Wildman–Crippen MR) is 261 cm³/mol. The predicted octanol–water partition coefficient (Wildman–Crippen LogP) is 11.4. The number of esters is 3. The van der Waals surface area contributed by atoms with E-state index in [0.29, 0.717) is 39.0 Å². The first-order valence-electron chi connectivity index (χ1n) is 26.1. The van der Waals surface area contributed by atoms with E-state index in [1.807, 2.05) is 13.8 Å². The van der Waals surface area contributed by atoms with Crippen molar-refractivity contribution in [2.75, 3.05) is 72.6 Å². The average molecular weight is 898 g/mol. The molecule has 0 aliphatic carbocycles. The molecule has 0 aromatic carbocycles. The standard InChI is InChI=1S/C51H99N3O7S/c1-7-11-14-17-19-20-21-22-23-26-29-43-60-50(57)45(5)62-47(33-28-24-16-13-9-3)49(51(58)59-42-10-4)61-48(56)34-30-35-54(37-31-36-53-40-38-52(6)39-41-53)44-46(55)32-27-25-18-15-12-8-2/h45-47,49,55H,7-44H2,1-6H3. The van der Waals surface area contributed by atoms with E-state index in [1.165, 1.54) is 95.2 Å². The summed E-state index contributed by atoms with van der Waals surface area (Å²) in [6.45, 7) is 18.7. The molecule has 1 aliphatic rings. The second-order valence-corrected chi connectivity index (χ2v) is 20.0. The lowest BCUT2D eigenvalue weighted by atomic mass is 10.1. The number of rotatable bonds is 43.